The summed E-state index contributed by atoms with van der Waals surface area (Å²) in [5, 5.41) is 4.18. The normalized spacial score (nSPS) is 13.0. The second-order valence-corrected chi connectivity index (χ2v) is 7.12. The van der Waals surface area contributed by atoms with Gasteiger partial charge in [0.25, 0.3) is 0 Å². The molecular weight excluding hydrogens is 394 g/mol. The maximum absolute atomic E-state index is 13.6. The average molecular weight is 408 g/mol. The molecular formula is C17H14F2N4O2S2. The van der Waals surface area contributed by atoms with Crippen molar-refractivity contribution in [1.29, 1.82) is 0 Å². The molecule has 0 bridgehead atoms. The van der Waals surface area contributed by atoms with Gasteiger partial charge >= 0.3 is 6.01 Å². The molecule has 0 N–H and O–H groups in total. The molecule has 2 heterocycles. The van der Waals surface area contributed by atoms with Crippen LogP contribution in [0.2, 0.25) is 0 Å². The van der Waals surface area contributed by atoms with Crippen LogP contribution in [-0.4, -0.2) is 26.3 Å². The Hall–Kier alpha value is -2.17. The summed E-state index contributed by atoms with van der Waals surface area (Å²) in [6.07, 6.45) is 4.15. The summed E-state index contributed by atoms with van der Waals surface area (Å²) in [5.74, 6) is -0.0486. The largest absolute Gasteiger partial charge is 0.423 e. The third kappa shape index (κ3) is 3.64. The predicted molar refractivity (Wildman–Crippen MR) is 98.7 cm³/mol. The number of nitrogens with zero attached hydrogens (tertiary/aromatic N) is 4. The topological polar surface area (TPSA) is 62.1 Å². The molecule has 10 heteroatoms. The van der Waals surface area contributed by atoms with Crippen LogP contribution < -0.4 is 4.74 Å². The van der Waals surface area contributed by atoms with E-state index < -0.39 is 5.95 Å². The van der Waals surface area contributed by atoms with Crippen LogP contribution in [0.15, 0.2) is 35.6 Å². The lowest BCUT2D eigenvalue weighted by Gasteiger charge is -2.15. The van der Waals surface area contributed by atoms with Gasteiger partial charge in [-0.3, -0.25) is 0 Å². The van der Waals surface area contributed by atoms with E-state index >= 15 is 0 Å². The summed E-state index contributed by atoms with van der Waals surface area (Å²) in [4.78, 5) is 7.76. The monoisotopic (exact) mass is 408 g/mol. The van der Waals surface area contributed by atoms with Crippen LogP contribution in [0.25, 0.3) is 11.1 Å². The van der Waals surface area contributed by atoms with Crippen molar-refractivity contribution in [2.75, 3.05) is 7.11 Å². The molecule has 0 amide bonds. The van der Waals surface area contributed by atoms with Gasteiger partial charge in [-0.25, -0.2) is 4.98 Å². The highest BCUT2D eigenvalue weighted by atomic mass is 32.2. The quantitative estimate of drug-likeness (QED) is 0.429. The van der Waals surface area contributed by atoms with E-state index in [9.17, 15) is 8.28 Å². The molecule has 0 saturated carbocycles. The number of aryl methyl sites for hydroxylation is 1. The van der Waals surface area contributed by atoms with Crippen LogP contribution in [0.3, 0.4) is 0 Å². The van der Waals surface area contributed by atoms with Crippen LogP contribution in [0.5, 0.6) is 11.8 Å². The molecule has 4 rings (SSSR count). The number of hydrogen-bond acceptors (Lipinski definition) is 7. The predicted octanol–water partition coefficient (Wildman–Crippen LogP) is 4.79. The zero-order valence-electron chi connectivity index (χ0n) is 14.2. The molecule has 6 nitrogen and oxygen atoms in total. The van der Waals surface area contributed by atoms with E-state index in [1.165, 1.54) is 19.4 Å². The van der Waals surface area contributed by atoms with Crippen LogP contribution >= 0.6 is 24.4 Å². The Morgan fingerprint density at radius 3 is 2.89 bits per heavy atom. The van der Waals surface area contributed by atoms with Crippen molar-refractivity contribution in [3.63, 3.8) is 0 Å². The van der Waals surface area contributed by atoms with Crippen molar-refractivity contribution < 1.29 is 17.2 Å². The molecule has 27 heavy (non-hydrogen) atoms. The Morgan fingerprint density at radius 1 is 1.22 bits per heavy atom. The zero-order chi connectivity index (χ0) is 18.8. The highest BCUT2D eigenvalue weighted by Crippen LogP contribution is 2.42. The van der Waals surface area contributed by atoms with Gasteiger partial charge in [-0.1, -0.05) is 12.1 Å². The third-order valence-corrected chi connectivity index (χ3v) is 5.07. The summed E-state index contributed by atoms with van der Waals surface area (Å²) in [6.45, 7) is 0. The number of benzene rings is 1. The van der Waals surface area contributed by atoms with E-state index in [-0.39, 0.29) is 23.5 Å². The molecule has 0 radical (unpaired) electrons. The lowest BCUT2D eigenvalue weighted by atomic mass is 9.99. The smallest absolute Gasteiger partial charge is 0.334 e. The number of rotatable bonds is 6. The first kappa shape index (κ1) is 18.2. The van der Waals surface area contributed by atoms with Crippen molar-refractivity contribution in [3.8, 4) is 22.9 Å². The molecule has 3 aromatic rings. The fraction of sp³-hybridized carbons (Fsp3) is 0.235. The van der Waals surface area contributed by atoms with Gasteiger partial charge in [0.15, 0.2) is 12.3 Å². The Balaban J connectivity index is 1.81. The Morgan fingerprint density at radius 2 is 2.11 bits per heavy atom. The summed E-state index contributed by atoms with van der Waals surface area (Å²) >= 11 is 0.781. The number of aromatic nitrogens is 4. The van der Waals surface area contributed by atoms with Gasteiger partial charge < -0.3 is 8.92 Å². The van der Waals surface area contributed by atoms with Crippen LogP contribution in [0.4, 0.5) is 8.28 Å². The maximum atomic E-state index is 13.6. The first-order valence-electron chi connectivity index (χ1n) is 8.11. The van der Waals surface area contributed by atoms with Gasteiger partial charge in [-0.15, -0.1) is 13.1 Å². The van der Waals surface area contributed by atoms with Gasteiger partial charge in [0.2, 0.25) is 11.1 Å². The molecule has 0 spiro atoms. The summed E-state index contributed by atoms with van der Waals surface area (Å²) in [7, 11) is 1.47. The van der Waals surface area contributed by atoms with Gasteiger partial charge in [-0.05, 0) is 42.0 Å². The summed E-state index contributed by atoms with van der Waals surface area (Å²) in [6, 6.07) is 6.92. The van der Waals surface area contributed by atoms with Gasteiger partial charge in [0.05, 0.1) is 19.2 Å². The summed E-state index contributed by atoms with van der Waals surface area (Å²) in [5.41, 5.74) is 3.49. The van der Waals surface area contributed by atoms with Gasteiger partial charge in [0, 0.05) is 17.8 Å². The van der Waals surface area contributed by atoms with Gasteiger partial charge in [0.1, 0.15) is 5.75 Å². The van der Waals surface area contributed by atoms with Crippen molar-refractivity contribution >= 4 is 24.4 Å². The van der Waals surface area contributed by atoms with Gasteiger partial charge in [-0.2, -0.15) is 9.37 Å². The number of halogens is 2. The first-order chi connectivity index (χ1) is 13.2. The number of pyridine rings is 1. The van der Waals surface area contributed by atoms with E-state index in [0.29, 0.717) is 16.9 Å². The minimum atomic E-state index is -0.583. The third-order valence-electron chi connectivity index (χ3n) is 4.22. The number of ether oxygens (including phenoxy) is 1. The van der Waals surface area contributed by atoms with Crippen molar-refractivity contribution in [2.45, 2.75) is 24.4 Å². The average Bonchev–Trinajstić information content (AvgIpc) is 3.29. The summed E-state index contributed by atoms with van der Waals surface area (Å²) < 4.78 is 38.8. The van der Waals surface area contributed by atoms with E-state index in [1.807, 2.05) is 12.1 Å². The Bertz CT molecular complexity index is 984. The number of fused-ring (bicyclic) bond motifs is 1. The molecule has 140 valence electrons. The lowest BCUT2D eigenvalue weighted by Crippen LogP contribution is -1.99. The maximum Gasteiger partial charge on any atom is 0.334 e. The van der Waals surface area contributed by atoms with E-state index in [4.69, 9.17) is 8.92 Å². The molecule has 1 aromatic carbocycles. The second-order valence-electron chi connectivity index (χ2n) is 5.77. The molecule has 1 aliphatic rings. The molecule has 0 aliphatic heterocycles. The molecule has 0 unspecified atom stereocenters. The second kappa shape index (κ2) is 7.83. The molecule has 1 aliphatic carbocycles. The molecule has 0 saturated heterocycles. The lowest BCUT2D eigenvalue weighted by molar-refractivity contribution is 0.433. The SMILES string of the molecule is COSc1nc(Oc2c(-c3ccnc(F)c3)ccc3c2CCC3)n(SF)n1. The Labute approximate surface area is 162 Å². The standard InChI is InChI=1S/C17H14F2N4O2S2/c1-24-26-16-21-17(23(22-16)27-19)25-15-12-4-2-3-10(12)5-6-13(15)11-7-8-20-14(18)9-11/h5-9H,2-4H2,1H3. The Kier molecular flexibility index (Phi) is 5.28. The molecule has 0 fully saturated rings. The fourth-order valence-corrected chi connectivity index (χ4v) is 3.80. The molecule has 0 atom stereocenters. The zero-order valence-corrected chi connectivity index (χ0v) is 15.8. The van der Waals surface area contributed by atoms with E-state index in [1.54, 1.807) is 6.07 Å². The minimum Gasteiger partial charge on any atom is -0.423 e. The van der Waals surface area contributed by atoms with E-state index in [0.717, 1.165) is 46.5 Å². The number of hydrogen-bond donors (Lipinski definition) is 0. The van der Waals surface area contributed by atoms with Crippen LogP contribution in [-0.2, 0) is 17.0 Å². The highest BCUT2D eigenvalue weighted by Gasteiger charge is 2.23. The fourth-order valence-electron chi connectivity index (χ4n) is 3.12. The van der Waals surface area contributed by atoms with Crippen molar-refractivity contribution in [1.82, 2.24) is 19.2 Å². The molecule has 2 aromatic heterocycles. The van der Waals surface area contributed by atoms with Crippen molar-refractivity contribution in [3.05, 3.63) is 47.5 Å². The first-order valence-corrected chi connectivity index (χ1v) is 9.52. The van der Waals surface area contributed by atoms with Crippen LogP contribution in [0.1, 0.15) is 17.5 Å². The van der Waals surface area contributed by atoms with Crippen molar-refractivity contribution in [2.24, 2.45) is 0 Å². The highest BCUT2D eigenvalue weighted by molar-refractivity contribution is 7.94. The van der Waals surface area contributed by atoms with E-state index in [2.05, 4.69) is 15.1 Å². The van der Waals surface area contributed by atoms with Crippen LogP contribution in [0, 0.1) is 5.95 Å². The minimum absolute atomic E-state index is 0.0156.